The number of rotatable bonds is 3. The molecular weight excluding hydrogens is 228 g/mol. The Bertz CT molecular complexity index is 253. The molecule has 0 aliphatic carbocycles. The second-order valence-corrected chi connectivity index (χ2v) is 4.46. The number of halogens is 1. The summed E-state index contributed by atoms with van der Waals surface area (Å²) in [4.78, 5) is 0. The van der Waals surface area contributed by atoms with Crippen LogP contribution in [0.5, 0.6) is 0 Å². The lowest BCUT2D eigenvalue weighted by Crippen LogP contribution is -2.15. The molecule has 13 heavy (non-hydrogen) atoms. The average molecular weight is 243 g/mol. The lowest BCUT2D eigenvalue weighted by Gasteiger charge is -2.14. The van der Waals surface area contributed by atoms with Gasteiger partial charge in [0, 0.05) is 4.47 Å². The molecule has 0 aromatic heterocycles. The molecule has 0 fully saturated rings. The van der Waals surface area contributed by atoms with Crippen LogP contribution in [0.15, 0.2) is 28.7 Å². The highest BCUT2D eigenvalue weighted by Crippen LogP contribution is 2.15. The van der Waals surface area contributed by atoms with Gasteiger partial charge in [0.2, 0.25) is 0 Å². The molecule has 1 rings (SSSR count). The molecule has 2 atom stereocenters. The molecule has 1 N–H and O–H groups in total. The largest absolute Gasteiger partial charge is 0.393 e. The molecule has 0 bridgehead atoms. The van der Waals surface area contributed by atoms with Crippen LogP contribution in [-0.4, -0.2) is 11.2 Å². The summed E-state index contributed by atoms with van der Waals surface area (Å²) in [5, 5.41) is 9.33. The monoisotopic (exact) mass is 242 g/mol. The fourth-order valence-corrected chi connectivity index (χ4v) is 1.43. The number of hydrogen-bond donors (Lipinski definition) is 1. The summed E-state index contributed by atoms with van der Waals surface area (Å²) in [6, 6.07) is 8.24. The SMILES string of the molecule is CC(O)C(C)Cc1ccc(Br)cc1. The first-order chi connectivity index (χ1) is 6.09. The molecule has 0 aliphatic rings. The van der Waals surface area contributed by atoms with Crippen molar-refractivity contribution in [1.82, 2.24) is 0 Å². The third-order valence-electron chi connectivity index (χ3n) is 2.29. The van der Waals surface area contributed by atoms with Gasteiger partial charge in [-0.2, -0.15) is 0 Å². The summed E-state index contributed by atoms with van der Waals surface area (Å²) < 4.78 is 1.10. The summed E-state index contributed by atoms with van der Waals surface area (Å²) in [6.45, 7) is 3.90. The fourth-order valence-electron chi connectivity index (χ4n) is 1.16. The molecule has 0 amide bonds. The molecule has 0 saturated heterocycles. The normalized spacial score (nSPS) is 15.4. The average Bonchev–Trinajstić information content (AvgIpc) is 2.08. The minimum atomic E-state index is -0.233. The molecule has 2 heteroatoms. The minimum absolute atomic E-state index is 0.233. The molecule has 2 unspecified atom stereocenters. The van der Waals surface area contributed by atoms with Crippen LogP contribution in [0.1, 0.15) is 19.4 Å². The number of benzene rings is 1. The van der Waals surface area contributed by atoms with Crippen molar-refractivity contribution in [2.75, 3.05) is 0 Å². The Balaban J connectivity index is 2.59. The van der Waals surface area contributed by atoms with Gasteiger partial charge < -0.3 is 5.11 Å². The highest BCUT2D eigenvalue weighted by molar-refractivity contribution is 9.10. The van der Waals surface area contributed by atoms with Crippen molar-refractivity contribution < 1.29 is 5.11 Å². The highest BCUT2D eigenvalue weighted by atomic mass is 79.9. The van der Waals surface area contributed by atoms with E-state index in [9.17, 15) is 5.11 Å². The van der Waals surface area contributed by atoms with Crippen LogP contribution in [0.25, 0.3) is 0 Å². The first-order valence-corrected chi connectivity index (χ1v) is 5.31. The Morgan fingerprint density at radius 1 is 1.23 bits per heavy atom. The standard InChI is InChI=1S/C11H15BrO/c1-8(9(2)13)7-10-3-5-11(12)6-4-10/h3-6,8-9,13H,7H2,1-2H3. The van der Waals surface area contributed by atoms with Gasteiger partial charge >= 0.3 is 0 Å². The van der Waals surface area contributed by atoms with E-state index in [1.165, 1.54) is 5.56 Å². The van der Waals surface area contributed by atoms with E-state index in [1.54, 1.807) is 0 Å². The third-order valence-corrected chi connectivity index (χ3v) is 2.82. The smallest absolute Gasteiger partial charge is 0.0540 e. The zero-order chi connectivity index (χ0) is 9.84. The van der Waals surface area contributed by atoms with E-state index < -0.39 is 0 Å². The van der Waals surface area contributed by atoms with E-state index >= 15 is 0 Å². The molecule has 72 valence electrons. The van der Waals surface area contributed by atoms with Crippen molar-refractivity contribution in [2.24, 2.45) is 5.92 Å². The highest BCUT2D eigenvalue weighted by Gasteiger charge is 2.08. The predicted octanol–water partition coefficient (Wildman–Crippen LogP) is 3.01. The van der Waals surface area contributed by atoms with Crippen LogP contribution < -0.4 is 0 Å². The Morgan fingerprint density at radius 2 is 1.77 bits per heavy atom. The first kappa shape index (κ1) is 10.7. The molecular formula is C11H15BrO. The molecule has 0 aliphatic heterocycles. The first-order valence-electron chi connectivity index (χ1n) is 4.52. The maximum Gasteiger partial charge on any atom is 0.0540 e. The quantitative estimate of drug-likeness (QED) is 0.865. The Hall–Kier alpha value is -0.340. The van der Waals surface area contributed by atoms with Crippen molar-refractivity contribution in [3.05, 3.63) is 34.3 Å². The summed E-state index contributed by atoms with van der Waals surface area (Å²) >= 11 is 3.39. The molecule has 0 saturated carbocycles. The summed E-state index contributed by atoms with van der Waals surface area (Å²) in [6.07, 6.45) is 0.703. The van der Waals surface area contributed by atoms with Gasteiger partial charge in [-0.3, -0.25) is 0 Å². The zero-order valence-electron chi connectivity index (χ0n) is 8.00. The van der Waals surface area contributed by atoms with Crippen LogP contribution in [-0.2, 0) is 6.42 Å². The Labute approximate surface area is 87.9 Å². The molecule has 0 heterocycles. The van der Waals surface area contributed by atoms with Crippen molar-refractivity contribution in [2.45, 2.75) is 26.4 Å². The van der Waals surface area contributed by atoms with Crippen LogP contribution >= 0.6 is 15.9 Å². The molecule has 1 aromatic rings. The van der Waals surface area contributed by atoms with Gasteiger partial charge in [-0.05, 0) is 37.0 Å². The van der Waals surface area contributed by atoms with Gasteiger partial charge in [0.1, 0.15) is 0 Å². The minimum Gasteiger partial charge on any atom is -0.393 e. The fraction of sp³-hybridized carbons (Fsp3) is 0.455. The van der Waals surface area contributed by atoms with Crippen molar-refractivity contribution >= 4 is 15.9 Å². The van der Waals surface area contributed by atoms with Gasteiger partial charge in [0.15, 0.2) is 0 Å². The van der Waals surface area contributed by atoms with E-state index in [0.29, 0.717) is 5.92 Å². The number of aliphatic hydroxyl groups is 1. The molecule has 0 spiro atoms. The van der Waals surface area contributed by atoms with E-state index in [4.69, 9.17) is 0 Å². The van der Waals surface area contributed by atoms with Gasteiger partial charge in [0.25, 0.3) is 0 Å². The summed E-state index contributed by atoms with van der Waals surface area (Å²) in [5.41, 5.74) is 1.27. The molecule has 0 radical (unpaired) electrons. The van der Waals surface area contributed by atoms with Crippen molar-refractivity contribution in [3.8, 4) is 0 Å². The van der Waals surface area contributed by atoms with Gasteiger partial charge in [-0.15, -0.1) is 0 Å². The topological polar surface area (TPSA) is 20.2 Å². The van der Waals surface area contributed by atoms with Crippen LogP contribution in [0.2, 0.25) is 0 Å². The van der Waals surface area contributed by atoms with Gasteiger partial charge in [-0.1, -0.05) is 35.0 Å². The summed E-state index contributed by atoms with van der Waals surface area (Å²) in [7, 11) is 0. The maximum atomic E-state index is 9.33. The predicted molar refractivity (Wildman–Crippen MR) is 58.7 cm³/mol. The lowest BCUT2D eigenvalue weighted by molar-refractivity contribution is 0.135. The second-order valence-electron chi connectivity index (χ2n) is 3.55. The van der Waals surface area contributed by atoms with Gasteiger partial charge in [0.05, 0.1) is 6.10 Å². The van der Waals surface area contributed by atoms with Crippen molar-refractivity contribution in [3.63, 3.8) is 0 Å². The summed E-state index contributed by atoms with van der Waals surface area (Å²) in [5.74, 6) is 0.321. The second kappa shape index (κ2) is 4.77. The molecule has 1 nitrogen and oxygen atoms in total. The van der Waals surface area contributed by atoms with E-state index in [0.717, 1.165) is 10.9 Å². The van der Waals surface area contributed by atoms with E-state index in [2.05, 4.69) is 35.0 Å². The number of aliphatic hydroxyl groups excluding tert-OH is 1. The third kappa shape index (κ3) is 3.49. The zero-order valence-corrected chi connectivity index (χ0v) is 9.58. The maximum absolute atomic E-state index is 9.33. The number of hydrogen-bond acceptors (Lipinski definition) is 1. The van der Waals surface area contributed by atoms with Gasteiger partial charge in [-0.25, -0.2) is 0 Å². The van der Waals surface area contributed by atoms with Crippen molar-refractivity contribution in [1.29, 1.82) is 0 Å². The lowest BCUT2D eigenvalue weighted by atomic mass is 9.97. The Kier molecular flexibility index (Phi) is 3.94. The van der Waals surface area contributed by atoms with E-state index in [1.807, 2.05) is 19.1 Å². The Morgan fingerprint density at radius 3 is 2.23 bits per heavy atom. The van der Waals surface area contributed by atoms with Crippen LogP contribution in [0.3, 0.4) is 0 Å². The van der Waals surface area contributed by atoms with Crippen LogP contribution in [0.4, 0.5) is 0 Å². The van der Waals surface area contributed by atoms with E-state index in [-0.39, 0.29) is 6.10 Å². The molecule has 1 aromatic carbocycles. The van der Waals surface area contributed by atoms with Crippen LogP contribution in [0, 0.1) is 5.92 Å².